The van der Waals surface area contributed by atoms with Gasteiger partial charge in [-0.15, -0.1) is 0 Å². The van der Waals surface area contributed by atoms with E-state index in [1.807, 2.05) is 0 Å². The molecule has 1 heterocycles. The molecule has 34 heavy (non-hydrogen) atoms. The molecule has 0 fully saturated rings. The number of amides is 1. The van der Waals surface area contributed by atoms with Crippen LogP contribution in [0.5, 0.6) is 0 Å². The Morgan fingerprint density at radius 1 is 1.24 bits per heavy atom. The zero-order chi connectivity index (χ0) is 25.2. The lowest BCUT2D eigenvalue weighted by Gasteiger charge is -2.21. The fourth-order valence-electron chi connectivity index (χ4n) is 3.76. The molecule has 0 aliphatic rings. The number of hydrazone groups is 1. The SMILES string of the molecule is C=C(C)c1cn(-c2c(C)cccc2F)c(=O)c2cc(F)c(N(C)/N=C(/CO)N(C=O)CC)cc12. The van der Waals surface area contributed by atoms with Crippen molar-refractivity contribution in [1.82, 2.24) is 9.47 Å². The van der Waals surface area contributed by atoms with Gasteiger partial charge in [0.2, 0.25) is 6.41 Å². The van der Waals surface area contributed by atoms with Crippen molar-refractivity contribution in [3.8, 4) is 5.69 Å². The van der Waals surface area contributed by atoms with Crippen molar-refractivity contribution in [1.29, 1.82) is 0 Å². The number of aryl methyl sites for hydroxylation is 1. The van der Waals surface area contributed by atoms with E-state index in [4.69, 9.17) is 0 Å². The third-order valence-electron chi connectivity index (χ3n) is 5.53. The molecule has 1 aromatic heterocycles. The third-order valence-corrected chi connectivity index (χ3v) is 5.53. The van der Waals surface area contributed by atoms with E-state index in [1.54, 1.807) is 32.9 Å². The molecule has 1 N–H and O–H groups in total. The first-order chi connectivity index (χ1) is 16.1. The monoisotopic (exact) mass is 468 g/mol. The van der Waals surface area contributed by atoms with Gasteiger partial charge in [0.1, 0.15) is 18.2 Å². The summed E-state index contributed by atoms with van der Waals surface area (Å²) in [5.41, 5.74) is 1.18. The smallest absolute Gasteiger partial charge is 0.263 e. The summed E-state index contributed by atoms with van der Waals surface area (Å²) < 4.78 is 31.0. The number of pyridine rings is 1. The van der Waals surface area contributed by atoms with E-state index in [9.17, 15) is 19.1 Å². The number of likely N-dealkylation sites (N-methyl/N-ethyl adjacent to an activating group) is 1. The van der Waals surface area contributed by atoms with Crippen LogP contribution in [-0.2, 0) is 4.79 Å². The summed E-state index contributed by atoms with van der Waals surface area (Å²) in [5.74, 6) is -1.30. The summed E-state index contributed by atoms with van der Waals surface area (Å²) in [4.78, 5) is 25.7. The van der Waals surface area contributed by atoms with Crippen LogP contribution < -0.4 is 10.6 Å². The van der Waals surface area contributed by atoms with Crippen molar-refractivity contribution in [2.45, 2.75) is 20.8 Å². The van der Waals surface area contributed by atoms with Crippen molar-refractivity contribution >= 4 is 34.3 Å². The van der Waals surface area contributed by atoms with Gasteiger partial charge in [-0.3, -0.25) is 24.1 Å². The van der Waals surface area contributed by atoms with Gasteiger partial charge in [-0.25, -0.2) is 8.78 Å². The van der Waals surface area contributed by atoms with E-state index in [0.717, 1.165) is 6.07 Å². The van der Waals surface area contributed by atoms with Crippen molar-refractivity contribution < 1.29 is 18.7 Å². The summed E-state index contributed by atoms with van der Waals surface area (Å²) in [7, 11) is 1.46. The number of benzene rings is 2. The summed E-state index contributed by atoms with van der Waals surface area (Å²) in [6.45, 7) is 8.83. The van der Waals surface area contributed by atoms with E-state index in [1.165, 1.54) is 39.9 Å². The highest BCUT2D eigenvalue weighted by Crippen LogP contribution is 2.30. The van der Waals surface area contributed by atoms with Crippen LogP contribution >= 0.6 is 0 Å². The molecule has 0 aliphatic carbocycles. The zero-order valence-corrected chi connectivity index (χ0v) is 19.5. The average molecular weight is 469 g/mol. The maximum atomic E-state index is 15.2. The second-order valence-electron chi connectivity index (χ2n) is 7.84. The molecule has 3 aromatic rings. The third kappa shape index (κ3) is 4.47. The maximum absolute atomic E-state index is 15.2. The van der Waals surface area contributed by atoms with Crippen LogP contribution in [0.15, 0.2) is 53.0 Å². The number of fused-ring (bicyclic) bond motifs is 1. The molecule has 2 aromatic carbocycles. The minimum atomic E-state index is -0.752. The fraction of sp³-hybridized carbons (Fsp3) is 0.240. The molecule has 0 unspecified atom stereocenters. The largest absolute Gasteiger partial charge is 0.388 e. The number of anilines is 1. The van der Waals surface area contributed by atoms with Crippen LogP contribution in [0.3, 0.4) is 0 Å². The maximum Gasteiger partial charge on any atom is 0.263 e. The summed E-state index contributed by atoms with van der Waals surface area (Å²) in [6.07, 6.45) is 2.01. The van der Waals surface area contributed by atoms with E-state index in [2.05, 4.69) is 11.7 Å². The molecule has 0 spiro atoms. The Kier molecular flexibility index (Phi) is 7.26. The van der Waals surface area contributed by atoms with Crippen molar-refractivity contribution in [2.24, 2.45) is 5.10 Å². The molecule has 0 atom stereocenters. The number of carbonyl (C=O) groups is 1. The number of nitrogens with zero attached hydrogens (tertiary/aromatic N) is 4. The van der Waals surface area contributed by atoms with Crippen LogP contribution in [0.1, 0.15) is 25.0 Å². The van der Waals surface area contributed by atoms with Gasteiger partial charge in [0, 0.05) is 25.4 Å². The van der Waals surface area contributed by atoms with Gasteiger partial charge in [0.25, 0.3) is 5.56 Å². The van der Waals surface area contributed by atoms with Crippen LogP contribution in [0.4, 0.5) is 14.5 Å². The van der Waals surface area contributed by atoms with Crippen LogP contribution in [0.25, 0.3) is 22.0 Å². The van der Waals surface area contributed by atoms with Gasteiger partial charge in [-0.05, 0) is 55.5 Å². The number of carbonyl (C=O) groups excluding carboxylic acids is 1. The number of aromatic nitrogens is 1. The molecule has 7 nitrogen and oxygen atoms in total. The predicted octanol–water partition coefficient (Wildman–Crippen LogP) is 3.83. The highest BCUT2D eigenvalue weighted by atomic mass is 19.1. The van der Waals surface area contributed by atoms with Gasteiger partial charge in [0.05, 0.1) is 16.8 Å². The Morgan fingerprint density at radius 2 is 1.94 bits per heavy atom. The number of hydrogen-bond donors (Lipinski definition) is 1. The fourth-order valence-corrected chi connectivity index (χ4v) is 3.76. The topological polar surface area (TPSA) is 78.1 Å². The van der Waals surface area contributed by atoms with Crippen molar-refractivity contribution in [2.75, 3.05) is 25.2 Å². The highest BCUT2D eigenvalue weighted by Gasteiger charge is 2.19. The molecule has 9 heteroatoms. The number of rotatable bonds is 7. The summed E-state index contributed by atoms with van der Waals surface area (Å²) >= 11 is 0. The lowest BCUT2D eigenvalue weighted by atomic mass is 10.0. The van der Waals surface area contributed by atoms with Crippen LogP contribution in [-0.4, -0.2) is 47.0 Å². The van der Waals surface area contributed by atoms with Crippen molar-refractivity contribution in [3.63, 3.8) is 0 Å². The molecule has 0 bridgehead atoms. The highest BCUT2D eigenvalue weighted by molar-refractivity contribution is 5.96. The number of para-hydroxylation sites is 1. The van der Waals surface area contributed by atoms with Crippen molar-refractivity contribution in [3.05, 3.63) is 76.2 Å². The number of hydrogen-bond acceptors (Lipinski definition) is 5. The summed E-state index contributed by atoms with van der Waals surface area (Å²) in [5, 5.41) is 15.4. The molecule has 0 saturated carbocycles. The lowest BCUT2D eigenvalue weighted by Crippen LogP contribution is -2.34. The second kappa shape index (κ2) is 9.96. The van der Waals surface area contributed by atoms with Gasteiger partial charge < -0.3 is 5.11 Å². The molecule has 1 amide bonds. The molecular weight excluding hydrogens is 442 g/mol. The number of aliphatic hydroxyl groups excluding tert-OH is 1. The van der Waals surface area contributed by atoms with E-state index < -0.39 is 23.8 Å². The number of amidine groups is 1. The molecule has 178 valence electrons. The molecular formula is C25H26F2N4O3. The first-order valence-corrected chi connectivity index (χ1v) is 10.6. The van der Waals surface area contributed by atoms with Crippen LogP contribution in [0, 0.1) is 18.6 Å². The minimum absolute atomic E-state index is 0.0159. The zero-order valence-electron chi connectivity index (χ0n) is 19.5. The quantitative estimate of drug-likeness (QED) is 0.247. The number of halogens is 2. The average Bonchev–Trinajstić information content (AvgIpc) is 2.79. The Bertz CT molecular complexity index is 1340. The van der Waals surface area contributed by atoms with Gasteiger partial charge in [0.15, 0.2) is 5.84 Å². The predicted molar refractivity (Wildman–Crippen MR) is 130 cm³/mol. The van der Waals surface area contributed by atoms with E-state index in [-0.39, 0.29) is 29.1 Å². The van der Waals surface area contributed by atoms with E-state index >= 15 is 4.39 Å². The number of aliphatic hydroxyl groups is 1. The Balaban J connectivity index is 2.29. The summed E-state index contributed by atoms with van der Waals surface area (Å²) in [6, 6.07) is 7.02. The normalized spacial score (nSPS) is 11.6. The Labute approximate surface area is 195 Å². The van der Waals surface area contributed by atoms with Gasteiger partial charge >= 0.3 is 0 Å². The molecule has 0 radical (unpaired) electrons. The first kappa shape index (κ1) is 24.8. The number of allylic oxidation sites excluding steroid dienone is 1. The second-order valence-corrected chi connectivity index (χ2v) is 7.84. The Morgan fingerprint density at radius 3 is 2.50 bits per heavy atom. The molecule has 0 aliphatic heterocycles. The van der Waals surface area contributed by atoms with Crippen LogP contribution in [0.2, 0.25) is 0 Å². The lowest BCUT2D eigenvalue weighted by molar-refractivity contribution is -0.114. The van der Waals surface area contributed by atoms with Gasteiger partial charge in [-0.1, -0.05) is 18.7 Å². The standard InChI is InChI=1S/C25H26F2N4O3/c1-6-30(14-33)23(13-32)28-29(5)22-11-17-18(10-21(22)27)25(34)31(12-19(17)15(2)3)24-16(4)8-7-9-20(24)26/h7-12,14,32H,2,6,13H2,1,3-5H3/b28-23-. The Hall–Kier alpha value is -3.85. The minimum Gasteiger partial charge on any atom is -0.388 e. The first-order valence-electron chi connectivity index (χ1n) is 10.6. The van der Waals surface area contributed by atoms with Gasteiger partial charge in [-0.2, -0.15) is 5.10 Å². The van der Waals surface area contributed by atoms with E-state index in [0.29, 0.717) is 28.5 Å². The molecule has 0 saturated heterocycles. The molecule has 3 rings (SSSR count).